The zero-order valence-electron chi connectivity index (χ0n) is 15.7. The fraction of sp³-hybridized carbons (Fsp3) is 0.316. The minimum absolute atomic E-state index is 0.0370. The third-order valence-electron chi connectivity index (χ3n) is 4.17. The minimum Gasteiger partial charge on any atom is -0.496 e. The zero-order chi connectivity index (χ0) is 20.0. The van der Waals surface area contributed by atoms with Gasteiger partial charge in [-0.25, -0.2) is 18.4 Å². The van der Waals surface area contributed by atoms with Gasteiger partial charge in [-0.1, -0.05) is 29.8 Å². The Balaban J connectivity index is 1.87. The van der Waals surface area contributed by atoms with E-state index in [1.807, 2.05) is 32.0 Å². The number of sulfonamides is 1. The monoisotopic (exact) mass is 391 g/mol. The Morgan fingerprint density at radius 3 is 2.44 bits per heavy atom. The molecule has 0 spiro atoms. The Morgan fingerprint density at radius 1 is 1.19 bits per heavy atom. The molecule has 7 nitrogen and oxygen atoms in total. The first-order valence-electron chi connectivity index (χ1n) is 8.51. The maximum absolute atomic E-state index is 12.1. The van der Waals surface area contributed by atoms with E-state index in [4.69, 9.17) is 9.88 Å². The van der Waals surface area contributed by atoms with Crippen molar-refractivity contribution in [1.29, 1.82) is 0 Å². The molecule has 0 heterocycles. The summed E-state index contributed by atoms with van der Waals surface area (Å²) in [6.45, 7) is 4.28. The predicted octanol–water partition coefficient (Wildman–Crippen LogP) is 2.25. The van der Waals surface area contributed by atoms with Gasteiger partial charge in [0.05, 0.1) is 18.0 Å². The van der Waals surface area contributed by atoms with Crippen molar-refractivity contribution in [3.8, 4) is 5.75 Å². The summed E-state index contributed by atoms with van der Waals surface area (Å²) in [6.07, 6.45) is 0.649. The second kappa shape index (κ2) is 8.88. The van der Waals surface area contributed by atoms with Crippen molar-refractivity contribution in [1.82, 2.24) is 10.6 Å². The Kier molecular flexibility index (Phi) is 6.81. The summed E-state index contributed by atoms with van der Waals surface area (Å²) in [7, 11) is -2.10. The van der Waals surface area contributed by atoms with Gasteiger partial charge in [-0.3, -0.25) is 0 Å². The van der Waals surface area contributed by atoms with Gasteiger partial charge in [0.25, 0.3) is 0 Å². The molecule has 0 saturated carbocycles. The van der Waals surface area contributed by atoms with E-state index in [0.717, 1.165) is 22.4 Å². The van der Waals surface area contributed by atoms with Gasteiger partial charge in [-0.15, -0.1) is 0 Å². The molecule has 2 aromatic carbocycles. The highest BCUT2D eigenvalue weighted by Crippen LogP contribution is 2.20. The lowest BCUT2D eigenvalue weighted by Crippen LogP contribution is -2.38. The lowest BCUT2D eigenvalue weighted by atomic mass is 10.1. The van der Waals surface area contributed by atoms with Gasteiger partial charge in [0.15, 0.2) is 0 Å². The fourth-order valence-electron chi connectivity index (χ4n) is 2.69. The molecule has 0 aromatic heterocycles. The van der Waals surface area contributed by atoms with Gasteiger partial charge >= 0.3 is 6.03 Å². The largest absolute Gasteiger partial charge is 0.496 e. The topological polar surface area (TPSA) is 111 Å². The summed E-state index contributed by atoms with van der Waals surface area (Å²) in [6, 6.07) is 11.4. The molecule has 146 valence electrons. The third-order valence-corrected chi connectivity index (χ3v) is 5.10. The second-order valence-corrected chi connectivity index (χ2v) is 7.86. The molecular weight excluding hydrogens is 366 g/mol. The van der Waals surface area contributed by atoms with Gasteiger partial charge in [0.2, 0.25) is 10.0 Å². The highest BCUT2D eigenvalue weighted by atomic mass is 32.2. The van der Waals surface area contributed by atoms with Crippen LogP contribution in [0.15, 0.2) is 47.4 Å². The van der Waals surface area contributed by atoms with Gasteiger partial charge in [0.1, 0.15) is 5.75 Å². The zero-order valence-corrected chi connectivity index (χ0v) is 16.5. The number of carbonyl (C=O) groups excluding carboxylic acids is 1. The van der Waals surface area contributed by atoms with Crippen LogP contribution in [-0.2, 0) is 16.4 Å². The first-order valence-corrected chi connectivity index (χ1v) is 10.1. The van der Waals surface area contributed by atoms with E-state index in [-0.39, 0.29) is 17.0 Å². The van der Waals surface area contributed by atoms with E-state index in [1.54, 1.807) is 19.2 Å². The van der Waals surface area contributed by atoms with Gasteiger partial charge in [-0.05, 0) is 49.6 Å². The molecular formula is C19H25N3O4S. The minimum atomic E-state index is -3.73. The van der Waals surface area contributed by atoms with Crippen molar-refractivity contribution in [2.45, 2.75) is 31.2 Å². The first kappa shape index (κ1) is 20.7. The standard InChI is InChI=1S/C19H25N3O4S/c1-13-4-9-18(26-3)16(12-13)10-11-21-19(23)22-14(2)15-5-7-17(8-6-15)27(20,24)25/h4-9,12,14H,10-11H2,1-3H3,(H2,20,24,25)(H2,21,22,23). The normalized spacial score (nSPS) is 12.3. The Hall–Kier alpha value is -2.58. The summed E-state index contributed by atoms with van der Waals surface area (Å²) in [4.78, 5) is 12.1. The van der Waals surface area contributed by atoms with Gasteiger partial charge in [0, 0.05) is 6.54 Å². The summed E-state index contributed by atoms with van der Waals surface area (Å²) in [5, 5.41) is 10.7. The maximum atomic E-state index is 12.1. The van der Waals surface area contributed by atoms with Crippen LogP contribution in [-0.4, -0.2) is 28.1 Å². The number of carbonyl (C=O) groups is 1. The number of rotatable bonds is 7. The molecule has 0 aliphatic rings. The molecule has 0 aliphatic carbocycles. The lowest BCUT2D eigenvalue weighted by Gasteiger charge is -2.16. The van der Waals surface area contributed by atoms with Crippen molar-refractivity contribution in [3.63, 3.8) is 0 Å². The molecule has 0 bridgehead atoms. The SMILES string of the molecule is COc1ccc(C)cc1CCNC(=O)NC(C)c1ccc(S(N)(=O)=O)cc1. The van der Waals surface area contributed by atoms with Crippen LogP contribution < -0.4 is 20.5 Å². The molecule has 1 unspecified atom stereocenters. The molecule has 2 amide bonds. The number of nitrogens with one attached hydrogen (secondary N) is 2. The van der Waals surface area contributed by atoms with Crippen LogP contribution in [0.5, 0.6) is 5.75 Å². The van der Waals surface area contributed by atoms with E-state index in [0.29, 0.717) is 13.0 Å². The summed E-state index contributed by atoms with van der Waals surface area (Å²) in [5.74, 6) is 0.797. The van der Waals surface area contributed by atoms with Crippen molar-refractivity contribution < 1.29 is 17.9 Å². The third kappa shape index (κ3) is 5.97. The van der Waals surface area contributed by atoms with E-state index >= 15 is 0 Å². The molecule has 0 saturated heterocycles. The molecule has 8 heteroatoms. The number of urea groups is 1. The van der Waals surface area contributed by atoms with Crippen LogP contribution in [0.4, 0.5) is 4.79 Å². The number of methoxy groups -OCH3 is 1. The van der Waals surface area contributed by atoms with Crippen molar-refractivity contribution in [3.05, 3.63) is 59.2 Å². The average Bonchev–Trinajstić information content (AvgIpc) is 2.61. The van der Waals surface area contributed by atoms with Gasteiger partial charge in [-0.2, -0.15) is 0 Å². The van der Waals surface area contributed by atoms with Crippen LogP contribution in [0.2, 0.25) is 0 Å². The molecule has 2 aromatic rings. The van der Waals surface area contributed by atoms with E-state index in [2.05, 4.69) is 10.6 Å². The van der Waals surface area contributed by atoms with Crippen molar-refractivity contribution in [2.24, 2.45) is 5.14 Å². The Morgan fingerprint density at radius 2 is 1.85 bits per heavy atom. The number of nitrogens with two attached hydrogens (primary N) is 1. The molecule has 0 radical (unpaired) electrons. The summed E-state index contributed by atoms with van der Waals surface area (Å²) in [5.41, 5.74) is 2.94. The van der Waals surface area contributed by atoms with Crippen LogP contribution in [0.1, 0.15) is 29.7 Å². The average molecular weight is 391 g/mol. The molecule has 27 heavy (non-hydrogen) atoms. The van der Waals surface area contributed by atoms with E-state index in [9.17, 15) is 13.2 Å². The molecule has 0 fully saturated rings. The highest BCUT2D eigenvalue weighted by Gasteiger charge is 2.12. The molecule has 4 N–H and O–H groups in total. The first-order chi connectivity index (χ1) is 12.7. The number of primary sulfonamides is 1. The number of amides is 2. The van der Waals surface area contributed by atoms with Crippen LogP contribution in [0.25, 0.3) is 0 Å². The van der Waals surface area contributed by atoms with Crippen molar-refractivity contribution in [2.75, 3.05) is 13.7 Å². The van der Waals surface area contributed by atoms with E-state index in [1.165, 1.54) is 12.1 Å². The Labute approximate surface area is 160 Å². The van der Waals surface area contributed by atoms with Crippen LogP contribution in [0, 0.1) is 6.92 Å². The number of hydrogen-bond donors (Lipinski definition) is 3. The number of benzene rings is 2. The second-order valence-electron chi connectivity index (χ2n) is 6.30. The Bertz CT molecular complexity index is 896. The smallest absolute Gasteiger partial charge is 0.315 e. The number of aryl methyl sites for hydroxylation is 1. The van der Waals surface area contributed by atoms with Crippen LogP contribution >= 0.6 is 0 Å². The maximum Gasteiger partial charge on any atom is 0.315 e. The molecule has 1 atom stereocenters. The lowest BCUT2D eigenvalue weighted by molar-refractivity contribution is 0.238. The molecule has 0 aliphatic heterocycles. The van der Waals surface area contributed by atoms with Crippen molar-refractivity contribution >= 4 is 16.1 Å². The quantitative estimate of drug-likeness (QED) is 0.672. The number of hydrogen-bond acceptors (Lipinski definition) is 4. The van der Waals surface area contributed by atoms with Crippen LogP contribution in [0.3, 0.4) is 0 Å². The summed E-state index contributed by atoms with van der Waals surface area (Å²) < 4.78 is 27.9. The summed E-state index contributed by atoms with van der Waals surface area (Å²) >= 11 is 0. The predicted molar refractivity (Wildman–Crippen MR) is 104 cm³/mol. The van der Waals surface area contributed by atoms with E-state index < -0.39 is 10.0 Å². The highest BCUT2D eigenvalue weighted by molar-refractivity contribution is 7.89. The molecule has 2 rings (SSSR count). The fourth-order valence-corrected chi connectivity index (χ4v) is 3.21. The number of ether oxygens (including phenoxy) is 1. The van der Waals surface area contributed by atoms with Gasteiger partial charge < -0.3 is 15.4 Å².